The van der Waals surface area contributed by atoms with Gasteiger partial charge in [0.05, 0.1) is 5.69 Å². The van der Waals surface area contributed by atoms with Gasteiger partial charge in [-0.15, -0.1) is 0 Å². The molecule has 4 aromatic carbocycles. The summed E-state index contributed by atoms with van der Waals surface area (Å²) in [7, 11) is 0. The van der Waals surface area contributed by atoms with Crippen LogP contribution in [-0.4, -0.2) is 29.3 Å². The van der Waals surface area contributed by atoms with E-state index in [1.54, 1.807) is 12.1 Å². The smallest absolute Gasteiger partial charge is 0.411 e. The van der Waals surface area contributed by atoms with Crippen molar-refractivity contribution in [3.05, 3.63) is 118 Å². The van der Waals surface area contributed by atoms with Gasteiger partial charge in [-0.1, -0.05) is 48.5 Å². The normalized spacial score (nSPS) is 11.7. The molecule has 0 saturated heterocycles. The molecule has 0 atom stereocenters. The number of nitrogens with two attached hydrogens (primary N) is 1. The zero-order valence-corrected chi connectivity index (χ0v) is 24.7. The minimum absolute atomic E-state index is 0.0701. The number of halogens is 6. The average Bonchev–Trinajstić information content (AvgIpc) is 2.94. The largest absolute Gasteiger partial charge is 0.506 e. The summed E-state index contributed by atoms with van der Waals surface area (Å²) in [5.74, 6) is -1.53. The monoisotopic (exact) mass is 631 g/mol. The van der Waals surface area contributed by atoms with Crippen molar-refractivity contribution < 1.29 is 41.0 Å². The Kier molecular flexibility index (Phi) is 10.2. The summed E-state index contributed by atoms with van der Waals surface area (Å²) in [5.41, 5.74) is 2.04. The number of hydrogen-bond acceptors (Lipinski definition) is 4. The van der Waals surface area contributed by atoms with Gasteiger partial charge in [0.1, 0.15) is 5.75 Å². The average molecular weight is 632 g/mol. The number of rotatable bonds is 5. The second-order valence-electron chi connectivity index (χ2n) is 10.4. The molecule has 4 aromatic rings. The van der Waals surface area contributed by atoms with E-state index in [0.29, 0.717) is 41.5 Å². The van der Waals surface area contributed by atoms with Gasteiger partial charge in [0.2, 0.25) is 11.3 Å². The van der Waals surface area contributed by atoms with Gasteiger partial charge < -0.3 is 21.5 Å². The van der Waals surface area contributed by atoms with Crippen molar-refractivity contribution in [3.63, 3.8) is 0 Å². The first-order valence-corrected chi connectivity index (χ1v) is 13.4. The Morgan fingerprint density at radius 3 is 1.80 bits per heavy atom. The molecule has 0 fully saturated rings. The number of benzene rings is 4. The summed E-state index contributed by atoms with van der Waals surface area (Å²) >= 11 is 0. The van der Waals surface area contributed by atoms with E-state index >= 15 is 0 Å². The van der Waals surface area contributed by atoms with Crippen molar-refractivity contribution in [3.8, 4) is 5.75 Å². The fourth-order valence-electron chi connectivity index (χ4n) is 4.57. The summed E-state index contributed by atoms with van der Waals surface area (Å²) in [5, 5.41) is 14.6. The van der Waals surface area contributed by atoms with Gasteiger partial charge in [-0.25, -0.2) is 0 Å². The number of phenols is 1. The molecule has 0 saturated carbocycles. The lowest BCUT2D eigenvalue weighted by Crippen LogP contribution is -2.54. The van der Waals surface area contributed by atoms with Gasteiger partial charge in [0.25, 0.3) is 5.91 Å². The highest BCUT2D eigenvalue weighted by molar-refractivity contribution is 6.04. The maximum atomic E-state index is 14.1. The second-order valence-corrected chi connectivity index (χ2v) is 10.4. The topological polar surface area (TPSA) is 104 Å². The molecule has 45 heavy (non-hydrogen) atoms. The Morgan fingerprint density at radius 2 is 1.24 bits per heavy atom. The van der Waals surface area contributed by atoms with E-state index in [1.165, 1.54) is 6.92 Å². The van der Waals surface area contributed by atoms with E-state index in [1.807, 2.05) is 55.6 Å². The minimum atomic E-state index is -5.81. The molecule has 2 amide bonds. The number of amides is 2. The fourth-order valence-corrected chi connectivity index (χ4v) is 4.57. The van der Waals surface area contributed by atoms with Crippen LogP contribution >= 0.6 is 0 Å². The molecule has 5 N–H and O–H groups in total. The van der Waals surface area contributed by atoms with E-state index in [-0.39, 0.29) is 11.6 Å². The SMILES string of the molecule is CC(=O)Nc1cc(C(c2ccc(C)c(N)c2)(C(F)(F)F)C(F)(F)F)ccc1O.Cc1ccc(C)c(NC(=O)c2ccccc2)c1. The maximum absolute atomic E-state index is 14.1. The van der Waals surface area contributed by atoms with Gasteiger partial charge in [0, 0.05) is 23.9 Å². The molecule has 0 spiro atoms. The number of nitrogens with one attached hydrogen (secondary N) is 2. The number of aryl methyl sites for hydroxylation is 3. The quantitative estimate of drug-likeness (QED) is 0.101. The van der Waals surface area contributed by atoms with Crippen molar-refractivity contribution in [2.75, 3.05) is 16.4 Å². The predicted molar refractivity (Wildman–Crippen MR) is 161 cm³/mol. The van der Waals surface area contributed by atoms with E-state index in [4.69, 9.17) is 5.73 Å². The first-order chi connectivity index (χ1) is 20.9. The van der Waals surface area contributed by atoms with Crippen LogP contribution in [0, 0.1) is 20.8 Å². The summed E-state index contributed by atoms with van der Waals surface area (Å²) < 4.78 is 84.4. The summed E-state index contributed by atoms with van der Waals surface area (Å²) in [4.78, 5) is 23.2. The highest BCUT2D eigenvalue weighted by atomic mass is 19.4. The van der Waals surface area contributed by atoms with E-state index in [9.17, 15) is 41.0 Å². The molecular formula is C33H31F6N3O3. The molecule has 0 aliphatic rings. The number of phenolic OH excluding ortho intramolecular Hbond substituents is 1. The van der Waals surface area contributed by atoms with Crippen LogP contribution in [0.3, 0.4) is 0 Å². The van der Waals surface area contributed by atoms with Crippen LogP contribution in [0.1, 0.15) is 45.1 Å². The minimum Gasteiger partial charge on any atom is -0.506 e. The van der Waals surface area contributed by atoms with Gasteiger partial charge in [-0.05, 0) is 85.0 Å². The second kappa shape index (κ2) is 13.3. The van der Waals surface area contributed by atoms with Crippen LogP contribution in [0.4, 0.5) is 43.4 Å². The van der Waals surface area contributed by atoms with Crippen LogP contribution in [-0.2, 0) is 10.2 Å². The summed E-state index contributed by atoms with van der Waals surface area (Å²) in [6, 6.07) is 19.3. The molecule has 0 aliphatic heterocycles. The lowest BCUT2D eigenvalue weighted by atomic mass is 9.72. The van der Waals surface area contributed by atoms with Gasteiger partial charge in [0.15, 0.2) is 0 Å². The van der Waals surface area contributed by atoms with Gasteiger partial charge >= 0.3 is 12.4 Å². The molecule has 0 aliphatic carbocycles. The molecule has 4 rings (SSSR count). The van der Waals surface area contributed by atoms with Crippen LogP contribution in [0.15, 0.2) is 84.9 Å². The zero-order valence-electron chi connectivity index (χ0n) is 24.7. The Bertz CT molecular complexity index is 1670. The van der Waals surface area contributed by atoms with E-state index < -0.39 is 46.2 Å². The number of alkyl halides is 6. The number of carbonyl (C=O) groups is 2. The molecule has 0 aromatic heterocycles. The number of anilines is 3. The number of hydrogen-bond donors (Lipinski definition) is 4. The molecule has 6 nitrogen and oxygen atoms in total. The Morgan fingerprint density at radius 1 is 0.689 bits per heavy atom. The Hall–Kier alpha value is -5.00. The molecule has 0 unspecified atom stereocenters. The highest BCUT2D eigenvalue weighted by Crippen LogP contribution is 2.57. The third-order valence-electron chi connectivity index (χ3n) is 6.98. The first-order valence-electron chi connectivity index (χ1n) is 13.4. The van der Waals surface area contributed by atoms with Crippen molar-refractivity contribution in [2.24, 2.45) is 0 Å². The van der Waals surface area contributed by atoms with Crippen molar-refractivity contribution in [2.45, 2.75) is 45.5 Å². The van der Waals surface area contributed by atoms with E-state index in [2.05, 4.69) is 5.32 Å². The lowest BCUT2D eigenvalue weighted by Gasteiger charge is -2.38. The standard InChI is InChI=1S/C18H16F6N2O2.C15H15NO/c1-9-3-4-11(7-13(9)25)16(17(19,20)21,18(22,23)24)12-5-6-15(28)14(8-12)26-10(2)27;1-11-8-9-12(2)14(10-11)16-15(17)13-6-4-3-5-7-13/h3-8,28H,25H2,1-2H3,(H,26,27);3-10H,1-2H3,(H,16,17). The fraction of sp³-hybridized carbons (Fsp3) is 0.212. The zero-order chi connectivity index (χ0) is 33.7. The lowest BCUT2D eigenvalue weighted by molar-refractivity contribution is -0.288. The van der Waals surface area contributed by atoms with Crippen LogP contribution in [0.25, 0.3) is 0 Å². The molecule has 0 bridgehead atoms. The molecule has 12 heteroatoms. The van der Waals surface area contributed by atoms with Crippen LogP contribution in [0.5, 0.6) is 5.75 Å². The van der Waals surface area contributed by atoms with Crippen molar-refractivity contribution in [1.29, 1.82) is 0 Å². The number of nitrogen functional groups attached to an aromatic ring is 1. The first kappa shape index (κ1) is 34.5. The summed E-state index contributed by atoms with van der Waals surface area (Å²) in [6.07, 6.45) is -11.6. The third kappa shape index (κ3) is 7.57. The van der Waals surface area contributed by atoms with E-state index in [0.717, 1.165) is 29.8 Å². The molecule has 238 valence electrons. The molecule has 0 radical (unpaired) electrons. The van der Waals surface area contributed by atoms with Gasteiger partial charge in [-0.2, -0.15) is 26.3 Å². The molecular weight excluding hydrogens is 600 g/mol. The molecule has 0 heterocycles. The highest BCUT2D eigenvalue weighted by Gasteiger charge is 2.72. The Balaban J connectivity index is 0.000000276. The van der Waals surface area contributed by atoms with Crippen molar-refractivity contribution >= 4 is 28.9 Å². The Labute approximate surface area is 255 Å². The maximum Gasteiger partial charge on any atom is 0.411 e. The van der Waals surface area contributed by atoms with Crippen LogP contribution in [0.2, 0.25) is 0 Å². The number of aromatic hydroxyl groups is 1. The van der Waals surface area contributed by atoms with Crippen molar-refractivity contribution in [1.82, 2.24) is 0 Å². The summed E-state index contributed by atoms with van der Waals surface area (Å²) in [6.45, 7) is 6.43. The third-order valence-corrected chi connectivity index (χ3v) is 6.98. The van der Waals surface area contributed by atoms with Crippen LogP contribution < -0.4 is 16.4 Å². The predicted octanol–water partition coefficient (Wildman–Crippen LogP) is 8.21. The van der Waals surface area contributed by atoms with Gasteiger partial charge in [-0.3, -0.25) is 9.59 Å². The number of carbonyl (C=O) groups excluding carboxylic acids is 2.